The molecule has 2 aliphatic rings. The molecule has 0 aromatic heterocycles. The van der Waals surface area contributed by atoms with Gasteiger partial charge in [0.25, 0.3) is 0 Å². The summed E-state index contributed by atoms with van der Waals surface area (Å²) >= 11 is 0. The number of hydrogen-bond acceptors (Lipinski definition) is 4. The first-order valence-corrected chi connectivity index (χ1v) is 13.3. The molecule has 7 heteroatoms. The predicted molar refractivity (Wildman–Crippen MR) is 128 cm³/mol. The standard InChI is InChI=1S/C25H35N3O3S/c1-20(2)9-12-26-15-17-27(18-16-26)25(29)22-10-13-28(14-11-22)32(30,31)24-8-7-21-5-3-4-6-23(21)19-24/h3-8,19-20,22H,9-18H2,1-2H3. The van der Waals surface area contributed by atoms with Gasteiger partial charge in [-0.25, -0.2) is 8.42 Å². The van der Waals surface area contributed by atoms with Crippen LogP contribution in [-0.2, 0) is 14.8 Å². The van der Waals surface area contributed by atoms with E-state index in [1.165, 1.54) is 6.42 Å². The second-order valence-corrected chi connectivity index (χ2v) is 11.5. The van der Waals surface area contributed by atoms with E-state index in [0.717, 1.165) is 43.5 Å². The second kappa shape index (κ2) is 9.89. The summed E-state index contributed by atoms with van der Waals surface area (Å²) in [7, 11) is -3.55. The van der Waals surface area contributed by atoms with Gasteiger partial charge in [0.1, 0.15) is 0 Å². The monoisotopic (exact) mass is 457 g/mol. The maximum Gasteiger partial charge on any atom is 0.243 e. The van der Waals surface area contributed by atoms with Gasteiger partial charge in [0.15, 0.2) is 0 Å². The first-order chi connectivity index (χ1) is 15.3. The summed E-state index contributed by atoms with van der Waals surface area (Å²) in [5, 5.41) is 1.95. The Labute approximate surface area is 192 Å². The highest BCUT2D eigenvalue weighted by Crippen LogP contribution is 2.27. The molecule has 0 unspecified atom stereocenters. The lowest BCUT2D eigenvalue weighted by atomic mass is 9.96. The molecule has 0 atom stereocenters. The number of carbonyl (C=O) groups is 1. The van der Waals surface area contributed by atoms with Gasteiger partial charge in [-0.3, -0.25) is 9.69 Å². The smallest absolute Gasteiger partial charge is 0.243 e. The van der Waals surface area contributed by atoms with E-state index in [2.05, 4.69) is 18.7 Å². The summed E-state index contributed by atoms with van der Waals surface area (Å²) in [6.07, 6.45) is 2.39. The summed E-state index contributed by atoms with van der Waals surface area (Å²) < 4.78 is 27.9. The van der Waals surface area contributed by atoms with Gasteiger partial charge < -0.3 is 4.90 Å². The minimum absolute atomic E-state index is 0.0692. The minimum Gasteiger partial charge on any atom is -0.340 e. The molecule has 32 heavy (non-hydrogen) atoms. The van der Waals surface area contributed by atoms with Crippen molar-refractivity contribution in [3.05, 3.63) is 42.5 Å². The molecule has 0 N–H and O–H groups in total. The maximum absolute atomic E-state index is 13.2. The van der Waals surface area contributed by atoms with Gasteiger partial charge in [-0.15, -0.1) is 0 Å². The van der Waals surface area contributed by atoms with Crippen LogP contribution in [0.15, 0.2) is 47.4 Å². The van der Waals surface area contributed by atoms with Gasteiger partial charge in [0, 0.05) is 45.2 Å². The fourth-order valence-corrected chi connectivity index (χ4v) is 6.22. The molecule has 2 fully saturated rings. The molecule has 0 saturated carbocycles. The highest BCUT2D eigenvalue weighted by molar-refractivity contribution is 7.89. The topological polar surface area (TPSA) is 60.9 Å². The average molecular weight is 458 g/mol. The Morgan fingerprint density at radius 2 is 1.59 bits per heavy atom. The zero-order valence-electron chi connectivity index (χ0n) is 19.2. The number of benzene rings is 2. The lowest BCUT2D eigenvalue weighted by Gasteiger charge is -2.38. The normalized spacial score (nSPS) is 19.7. The zero-order chi connectivity index (χ0) is 22.7. The number of carbonyl (C=O) groups excluding carboxylic acids is 1. The molecule has 4 rings (SSSR count). The maximum atomic E-state index is 13.2. The second-order valence-electron chi connectivity index (χ2n) is 9.54. The Morgan fingerprint density at radius 1 is 0.938 bits per heavy atom. The van der Waals surface area contributed by atoms with Crippen molar-refractivity contribution in [2.75, 3.05) is 45.8 Å². The highest BCUT2D eigenvalue weighted by Gasteiger charge is 2.34. The first kappa shape index (κ1) is 23.2. The molecule has 0 spiro atoms. The quantitative estimate of drug-likeness (QED) is 0.667. The van der Waals surface area contributed by atoms with E-state index >= 15 is 0 Å². The third-order valence-electron chi connectivity index (χ3n) is 6.87. The molecule has 2 aromatic rings. The minimum atomic E-state index is -3.55. The summed E-state index contributed by atoms with van der Waals surface area (Å²) in [6, 6.07) is 13.1. The van der Waals surface area contributed by atoms with Gasteiger partial charge in [-0.2, -0.15) is 4.31 Å². The molecule has 6 nitrogen and oxygen atoms in total. The Kier molecular flexibility index (Phi) is 7.17. The van der Waals surface area contributed by atoms with E-state index in [4.69, 9.17) is 0 Å². The van der Waals surface area contributed by atoms with Crippen molar-refractivity contribution in [1.29, 1.82) is 0 Å². The molecule has 0 aliphatic carbocycles. The number of piperazine rings is 1. The predicted octanol–water partition coefficient (Wildman–Crippen LogP) is 3.43. The summed E-state index contributed by atoms with van der Waals surface area (Å²) in [5.74, 6) is 0.835. The van der Waals surface area contributed by atoms with E-state index in [1.807, 2.05) is 35.2 Å². The highest BCUT2D eigenvalue weighted by atomic mass is 32.2. The van der Waals surface area contributed by atoms with Gasteiger partial charge >= 0.3 is 0 Å². The molecular formula is C25H35N3O3S. The Bertz CT molecular complexity index is 1040. The molecule has 2 aliphatic heterocycles. The van der Waals surface area contributed by atoms with Crippen LogP contribution >= 0.6 is 0 Å². The van der Waals surface area contributed by atoms with Crippen LogP contribution in [0.3, 0.4) is 0 Å². The van der Waals surface area contributed by atoms with Crippen LogP contribution < -0.4 is 0 Å². The van der Waals surface area contributed by atoms with E-state index in [0.29, 0.717) is 36.7 Å². The molecule has 174 valence electrons. The van der Waals surface area contributed by atoms with Crippen LogP contribution in [0.4, 0.5) is 0 Å². The Balaban J connectivity index is 1.32. The number of hydrogen-bond donors (Lipinski definition) is 0. The molecule has 2 aromatic carbocycles. The van der Waals surface area contributed by atoms with Crippen molar-refractivity contribution in [2.24, 2.45) is 11.8 Å². The van der Waals surface area contributed by atoms with Crippen molar-refractivity contribution < 1.29 is 13.2 Å². The average Bonchev–Trinajstić information content (AvgIpc) is 2.82. The van der Waals surface area contributed by atoms with Crippen LogP contribution in [0.2, 0.25) is 0 Å². The van der Waals surface area contributed by atoms with Crippen molar-refractivity contribution in [2.45, 2.75) is 38.0 Å². The van der Waals surface area contributed by atoms with Gasteiger partial charge in [-0.1, -0.05) is 44.2 Å². The van der Waals surface area contributed by atoms with Crippen molar-refractivity contribution in [3.63, 3.8) is 0 Å². The Morgan fingerprint density at radius 3 is 2.25 bits per heavy atom. The van der Waals surface area contributed by atoms with Crippen molar-refractivity contribution in [1.82, 2.24) is 14.1 Å². The molecule has 1 amide bonds. The number of fused-ring (bicyclic) bond motifs is 1. The third kappa shape index (κ3) is 5.16. The fourth-order valence-electron chi connectivity index (χ4n) is 4.71. The summed E-state index contributed by atoms with van der Waals surface area (Å²) in [5.41, 5.74) is 0. The third-order valence-corrected chi connectivity index (χ3v) is 8.76. The molecule has 0 bridgehead atoms. The van der Waals surface area contributed by atoms with Crippen LogP contribution in [0.1, 0.15) is 33.1 Å². The number of rotatable bonds is 6. The van der Waals surface area contributed by atoms with Crippen LogP contribution in [0.25, 0.3) is 10.8 Å². The van der Waals surface area contributed by atoms with Crippen LogP contribution in [0, 0.1) is 11.8 Å². The summed E-state index contributed by atoms with van der Waals surface area (Å²) in [4.78, 5) is 17.8. The number of amides is 1. The number of nitrogens with zero attached hydrogens (tertiary/aromatic N) is 3. The van der Waals surface area contributed by atoms with E-state index in [1.54, 1.807) is 16.4 Å². The summed E-state index contributed by atoms with van der Waals surface area (Å²) in [6.45, 7) is 9.84. The van der Waals surface area contributed by atoms with E-state index in [9.17, 15) is 13.2 Å². The van der Waals surface area contributed by atoms with Crippen LogP contribution in [0.5, 0.6) is 0 Å². The SMILES string of the molecule is CC(C)CCN1CCN(C(=O)C2CCN(S(=O)(=O)c3ccc4ccccc4c3)CC2)CC1. The molecule has 2 heterocycles. The van der Waals surface area contributed by atoms with Crippen LogP contribution in [-0.4, -0.2) is 74.2 Å². The number of sulfonamides is 1. The van der Waals surface area contributed by atoms with Gasteiger partial charge in [0.2, 0.25) is 15.9 Å². The molecule has 0 radical (unpaired) electrons. The first-order valence-electron chi connectivity index (χ1n) is 11.8. The van der Waals surface area contributed by atoms with Crippen molar-refractivity contribution in [3.8, 4) is 0 Å². The molecule has 2 saturated heterocycles. The van der Waals surface area contributed by atoms with E-state index in [-0.39, 0.29) is 11.8 Å². The van der Waals surface area contributed by atoms with Crippen molar-refractivity contribution >= 4 is 26.7 Å². The molecular weight excluding hydrogens is 422 g/mol. The van der Waals surface area contributed by atoms with Gasteiger partial charge in [0.05, 0.1) is 4.90 Å². The Hall–Kier alpha value is -1.96. The zero-order valence-corrected chi connectivity index (χ0v) is 20.1. The largest absolute Gasteiger partial charge is 0.340 e. The van der Waals surface area contributed by atoms with E-state index < -0.39 is 10.0 Å². The lowest BCUT2D eigenvalue weighted by molar-refractivity contribution is -0.138. The fraction of sp³-hybridized carbons (Fsp3) is 0.560. The number of piperidine rings is 1. The lowest BCUT2D eigenvalue weighted by Crippen LogP contribution is -2.52. The van der Waals surface area contributed by atoms with Gasteiger partial charge in [-0.05, 0) is 54.6 Å².